The van der Waals surface area contributed by atoms with E-state index >= 15 is 0 Å². The van der Waals surface area contributed by atoms with E-state index in [4.69, 9.17) is 0 Å². The van der Waals surface area contributed by atoms with Gasteiger partial charge >= 0.3 is 0 Å². The lowest BCUT2D eigenvalue weighted by Gasteiger charge is -2.45. The minimum absolute atomic E-state index is 0.160. The fraction of sp³-hybridized carbons (Fsp3) is 0.538. The van der Waals surface area contributed by atoms with Gasteiger partial charge in [0, 0.05) is 51.0 Å². The first-order chi connectivity index (χ1) is 8.33. The maximum Gasteiger partial charge on any atom is 0.123 e. The Balaban J connectivity index is 1.71. The first-order valence-corrected chi connectivity index (χ1v) is 6.28. The average Bonchev–Trinajstić information content (AvgIpc) is 2.39. The van der Waals surface area contributed by atoms with E-state index in [1.807, 2.05) is 12.1 Å². The lowest BCUT2D eigenvalue weighted by molar-refractivity contribution is 0.146. The van der Waals surface area contributed by atoms with E-state index in [2.05, 4.69) is 15.1 Å². The van der Waals surface area contributed by atoms with Gasteiger partial charge in [0.1, 0.15) is 5.82 Å². The van der Waals surface area contributed by atoms with Crippen LogP contribution in [-0.2, 0) is 0 Å². The highest BCUT2D eigenvalue weighted by Gasteiger charge is 2.28. The molecule has 0 spiro atoms. The molecule has 2 saturated heterocycles. The Labute approximate surface area is 101 Å². The third-order valence-corrected chi connectivity index (χ3v) is 3.75. The molecule has 0 aromatic heterocycles. The van der Waals surface area contributed by atoms with E-state index < -0.39 is 0 Å². The summed E-state index contributed by atoms with van der Waals surface area (Å²) in [6, 6.07) is 7.44. The van der Waals surface area contributed by atoms with Gasteiger partial charge in [0.15, 0.2) is 0 Å². The van der Waals surface area contributed by atoms with Gasteiger partial charge in [0.05, 0.1) is 0 Å². The molecule has 2 heterocycles. The van der Waals surface area contributed by atoms with Crippen molar-refractivity contribution in [3.63, 3.8) is 0 Å². The highest BCUT2D eigenvalue weighted by atomic mass is 19.1. The third-order valence-electron chi connectivity index (χ3n) is 3.75. The number of nitrogens with zero attached hydrogens (tertiary/aromatic N) is 2. The standard InChI is InChI=1S/C13H18FN3/c14-11-1-3-12(4-2-11)17-8-7-16-6-5-15-9-13(16)10-17/h1-4,13,15H,5-10H2. The van der Waals surface area contributed by atoms with Crippen molar-refractivity contribution in [3.05, 3.63) is 30.1 Å². The van der Waals surface area contributed by atoms with Crippen molar-refractivity contribution in [2.24, 2.45) is 0 Å². The fourth-order valence-electron chi connectivity index (χ4n) is 2.76. The van der Waals surface area contributed by atoms with E-state index in [9.17, 15) is 4.39 Å². The molecule has 0 amide bonds. The molecule has 0 bridgehead atoms. The van der Waals surface area contributed by atoms with Crippen molar-refractivity contribution < 1.29 is 4.39 Å². The zero-order valence-electron chi connectivity index (χ0n) is 9.90. The fourth-order valence-corrected chi connectivity index (χ4v) is 2.76. The molecule has 1 aromatic rings. The molecule has 3 rings (SSSR count). The number of hydrogen-bond donors (Lipinski definition) is 1. The summed E-state index contributed by atoms with van der Waals surface area (Å²) in [4.78, 5) is 4.91. The number of fused-ring (bicyclic) bond motifs is 1. The normalized spacial score (nSPS) is 25.7. The second kappa shape index (κ2) is 4.63. The highest BCUT2D eigenvalue weighted by molar-refractivity contribution is 5.47. The number of halogens is 1. The van der Waals surface area contributed by atoms with Gasteiger partial charge in [0.25, 0.3) is 0 Å². The van der Waals surface area contributed by atoms with Crippen LogP contribution in [0.25, 0.3) is 0 Å². The number of hydrogen-bond acceptors (Lipinski definition) is 3. The van der Waals surface area contributed by atoms with Gasteiger partial charge in [-0.1, -0.05) is 0 Å². The first kappa shape index (κ1) is 11.0. The maximum atomic E-state index is 12.9. The van der Waals surface area contributed by atoms with Crippen molar-refractivity contribution in [1.82, 2.24) is 10.2 Å². The minimum Gasteiger partial charge on any atom is -0.369 e. The Kier molecular flexibility index (Phi) is 2.99. The van der Waals surface area contributed by atoms with Gasteiger partial charge in [-0.05, 0) is 24.3 Å². The zero-order chi connectivity index (χ0) is 11.7. The maximum absolute atomic E-state index is 12.9. The molecule has 92 valence electrons. The molecule has 2 fully saturated rings. The Morgan fingerprint density at radius 2 is 1.94 bits per heavy atom. The summed E-state index contributed by atoms with van der Waals surface area (Å²) in [5.74, 6) is -0.160. The molecule has 1 atom stereocenters. The Morgan fingerprint density at radius 1 is 1.12 bits per heavy atom. The van der Waals surface area contributed by atoms with Crippen LogP contribution in [0.15, 0.2) is 24.3 Å². The van der Waals surface area contributed by atoms with Crippen molar-refractivity contribution in [3.8, 4) is 0 Å². The van der Waals surface area contributed by atoms with Gasteiger partial charge in [-0.2, -0.15) is 0 Å². The lowest BCUT2D eigenvalue weighted by atomic mass is 10.1. The van der Waals surface area contributed by atoms with Crippen LogP contribution < -0.4 is 10.2 Å². The number of nitrogens with one attached hydrogen (secondary N) is 1. The largest absolute Gasteiger partial charge is 0.369 e. The van der Waals surface area contributed by atoms with Gasteiger partial charge < -0.3 is 10.2 Å². The van der Waals surface area contributed by atoms with Crippen molar-refractivity contribution in [2.45, 2.75) is 6.04 Å². The van der Waals surface area contributed by atoms with Crippen molar-refractivity contribution in [2.75, 3.05) is 44.2 Å². The molecule has 17 heavy (non-hydrogen) atoms. The molecule has 1 N–H and O–H groups in total. The van der Waals surface area contributed by atoms with Crippen molar-refractivity contribution >= 4 is 5.69 Å². The Morgan fingerprint density at radius 3 is 2.76 bits per heavy atom. The Bertz CT molecular complexity index is 379. The van der Waals surface area contributed by atoms with Crippen LogP contribution in [0.4, 0.5) is 10.1 Å². The second-order valence-corrected chi connectivity index (χ2v) is 4.82. The molecule has 0 saturated carbocycles. The van der Waals surface area contributed by atoms with Gasteiger partial charge in [-0.3, -0.25) is 4.90 Å². The molecule has 2 aliphatic rings. The molecular weight excluding hydrogens is 217 g/mol. The zero-order valence-corrected chi connectivity index (χ0v) is 9.90. The predicted molar refractivity (Wildman–Crippen MR) is 66.8 cm³/mol. The summed E-state index contributed by atoms with van der Waals surface area (Å²) in [5.41, 5.74) is 1.14. The number of anilines is 1. The molecular formula is C13H18FN3. The Hall–Kier alpha value is -1.13. The van der Waals surface area contributed by atoms with E-state index in [0.29, 0.717) is 6.04 Å². The third kappa shape index (κ3) is 2.28. The quantitative estimate of drug-likeness (QED) is 0.781. The van der Waals surface area contributed by atoms with Crippen molar-refractivity contribution in [1.29, 1.82) is 0 Å². The highest BCUT2D eigenvalue weighted by Crippen LogP contribution is 2.20. The van der Waals surface area contributed by atoms with Crippen LogP contribution >= 0.6 is 0 Å². The first-order valence-electron chi connectivity index (χ1n) is 6.28. The van der Waals surface area contributed by atoms with E-state index in [-0.39, 0.29) is 5.82 Å². The molecule has 3 nitrogen and oxygen atoms in total. The number of rotatable bonds is 1. The van der Waals surface area contributed by atoms with Crippen LogP contribution in [0, 0.1) is 5.82 Å². The summed E-state index contributed by atoms with van der Waals surface area (Å²) in [6.45, 7) is 6.52. The average molecular weight is 235 g/mol. The predicted octanol–water partition coefficient (Wildman–Crippen LogP) is 0.919. The van der Waals surface area contributed by atoms with Crippen LogP contribution in [0.1, 0.15) is 0 Å². The molecule has 1 unspecified atom stereocenters. The summed E-state index contributed by atoms with van der Waals surface area (Å²) in [7, 11) is 0. The summed E-state index contributed by atoms with van der Waals surface area (Å²) >= 11 is 0. The van der Waals surface area contributed by atoms with Crippen LogP contribution in [0.3, 0.4) is 0 Å². The van der Waals surface area contributed by atoms with E-state index in [0.717, 1.165) is 45.0 Å². The lowest BCUT2D eigenvalue weighted by Crippen LogP contribution is -2.61. The molecule has 4 heteroatoms. The van der Waals surface area contributed by atoms with Gasteiger partial charge in [-0.15, -0.1) is 0 Å². The molecule has 2 aliphatic heterocycles. The monoisotopic (exact) mass is 235 g/mol. The van der Waals surface area contributed by atoms with Crippen LogP contribution in [0.2, 0.25) is 0 Å². The van der Waals surface area contributed by atoms with Crippen LogP contribution in [0.5, 0.6) is 0 Å². The number of piperazine rings is 2. The smallest absolute Gasteiger partial charge is 0.123 e. The van der Waals surface area contributed by atoms with Gasteiger partial charge in [0.2, 0.25) is 0 Å². The molecule has 1 aromatic carbocycles. The number of benzene rings is 1. The minimum atomic E-state index is -0.160. The summed E-state index contributed by atoms with van der Waals surface area (Å²) in [5, 5.41) is 3.44. The van der Waals surface area contributed by atoms with E-state index in [1.54, 1.807) is 12.1 Å². The molecule has 0 aliphatic carbocycles. The summed E-state index contributed by atoms with van der Waals surface area (Å²) in [6.07, 6.45) is 0. The SMILES string of the molecule is Fc1ccc(N2CCN3CCNCC3C2)cc1. The van der Waals surface area contributed by atoms with E-state index in [1.165, 1.54) is 0 Å². The topological polar surface area (TPSA) is 18.5 Å². The summed E-state index contributed by atoms with van der Waals surface area (Å²) < 4.78 is 12.9. The molecule has 0 radical (unpaired) electrons. The van der Waals surface area contributed by atoms with Gasteiger partial charge in [-0.25, -0.2) is 4.39 Å². The second-order valence-electron chi connectivity index (χ2n) is 4.82. The van der Waals surface area contributed by atoms with Crippen LogP contribution in [-0.4, -0.2) is 50.2 Å².